The van der Waals surface area contributed by atoms with Gasteiger partial charge in [-0.3, -0.25) is 4.79 Å². The number of amides is 1. The summed E-state index contributed by atoms with van der Waals surface area (Å²) in [6, 6.07) is 8.57. The monoisotopic (exact) mass is 403 g/mol. The van der Waals surface area contributed by atoms with Gasteiger partial charge in [-0.15, -0.1) is 0 Å². The van der Waals surface area contributed by atoms with Crippen LogP contribution in [0.1, 0.15) is 45.1 Å². The number of carbonyl (C=O) groups is 1. The molecule has 0 radical (unpaired) electrons. The van der Waals surface area contributed by atoms with Gasteiger partial charge < -0.3 is 20.4 Å². The third-order valence-electron chi connectivity index (χ3n) is 6.26. The second kappa shape index (κ2) is 10.2. The lowest BCUT2D eigenvalue weighted by atomic mass is 9.86. The minimum atomic E-state index is 0.0982. The summed E-state index contributed by atoms with van der Waals surface area (Å²) in [7, 11) is 0. The molecule has 2 atom stereocenters. The predicted molar refractivity (Wildman–Crippen MR) is 119 cm³/mol. The highest BCUT2D eigenvalue weighted by Crippen LogP contribution is 2.23. The van der Waals surface area contributed by atoms with Crippen LogP contribution in [-0.4, -0.2) is 54.7 Å². The van der Waals surface area contributed by atoms with Crippen molar-refractivity contribution < 1.29 is 9.69 Å². The fourth-order valence-corrected chi connectivity index (χ4v) is 4.69. The molecule has 0 aromatic heterocycles. The van der Waals surface area contributed by atoms with Gasteiger partial charge in [-0.2, -0.15) is 0 Å². The Labute approximate surface area is 174 Å². The average Bonchev–Trinajstić information content (AvgIpc) is 2.70. The highest BCUT2D eigenvalue weighted by molar-refractivity contribution is 7.80. The van der Waals surface area contributed by atoms with Crippen molar-refractivity contribution in [1.82, 2.24) is 10.2 Å². The van der Waals surface area contributed by atoms with E-state index >= 15 is 0 Å². The summed E-state index contributed by atoms with van der Waals surface area (Å²) in [6.45, 7) is 8.70. The lowest BCUT2D eigenvalue weighted by Crippen LogP contribution is -3.15. The van der Waals surface area contributed by atoms with Crippen molar-refractivity contribution in [2.45, 2.75) is 52.0 Å². The van der Waals surface area contributed by atoms with Crippen LogP contribution >= 0.6 is 12.2 Å². The molecule has 1 aromatic carbocycles. The molecule has 6 heteroatoms. The zero-order valence-corrected chi connectivity index (χ0v) is 18.1. The Bertz CT molecular complexity index is 672. The fraction of sp³-hybridized carbons (Fsp3) is 0.636. The van der Waals surface area contributed by atoms with Crippen LogP contribution in [0.25, 0.3) is 0 Å². The van der Waals surface area contributed by atoms with E-state index in [0.29, 0.717) is 18.5 Å². The molecule has 28 heavy (non-hydrogen) atoms. The SMILES string of the molecule is CCc1ccccc1NC(=O)C[NH+]1CCN(C(=S)N[C@H]2CCCC[C@@H]2C)CC1. The maximum atomic E-state index is 12.5. The van der Waals surface area contributed by atoms with Gasteiger partial charge in [0.1, 0.15) is 0 Å². The maximum absolute atomic E-state index is 12.5. The van der Waals surface area contributed by atoms with Gasteiger partial charge in [-0.1, -0.05) is 44.9 Å². The molecule has 0 spiro atoms. The van der Waals surface area contributed by atoms with Crippen molar-refractivity contribution in [3.05, 3.63) is 29.8 Å². The number of aryl methyl sites for hydroxylation is 1. The standard InChI is InChI=1S/C22H34N4OS/c1-3-18-9-5-7-11-20(18)23-21(27)16-25-12-14-26(15-13-25)22(28)24-19-10-6-4-8-17(19)2/h5,7,9,11,17,19H,3-4,6,8,10,12-16H2,1-2H3,(H,23,27)(H,24,28)/p+1/t17-,19-/m0/s1. The predicted octanol–water partition coefficient (Wildman–Crippen LogP) is 1.84. The van der Waals surface area contributed by atoms with Crippen molar-refractivity contribution in [2.75, 3.05) is 38.0 Å². The molecular formula is C22H35N4OS+. The second-order valence-electron chi connectivity index (χ2n) is 8.29. The van der Waals surface area contributed by atoms with Crippen molar-refractivity contribution >= 4 is 28.9 Å². The third kappa shape index (κ3) is 5.67. The first-order valence-corrected chi connectivity index (χ1v) is 11.2. The number of rotatable bonds is 5. The molecule has 154 valence electrons. The van der Waals surface area contributed by atoms with Crippen molar-refractivity contribution in [2.24, 2.45) is 5.92 Å². The molecule has 1 aliphatic heterocycles. The van der Waals surface area contributed by atoms with Crippen molar-refractivity contribution in [1.29, 1.82) is 0 Å². The Balaban J connectivity index is 1.42. The largest absolute Gasteiger partial charge is 0.360 e. The van der Waals surface area contributed by atoms with Crippen LogP contribution in [0.3, 0.4) is 0 Å². The van der Waals surface area contributed by atoms with Gasteiger partial charge in [0.2, 0.25) is 0 Å². The zero-order chi connectivity index (χ0) is 19.9. The summed E-state index contributed by atoms with van der Waals surface area (Å²) in [5.41, 5.74) is 2.13. The number of nitrogens with one attached hydrogen (secondary N) is 3. The molecule has 1 heterocycles. The molecule has 0 bridgehead atoms. The number of hydrogen-bond donors (Lipinski definition) is 3. The zero-order valence-electron chi connectivity index (χ0n) is 17.3. The van der Waals surface area contributed by atoms with E-state index in [1.165, 1.54) is 36.1 Å². The van der Waals surface area contributed by atoms with Gasteiger partial charge >= 0.3 is 0 Å². The normalized spacial score (nSPS) is 23.3. The minimum Gasteiger partial charge on any atom is -0.360 e. The fourth-order valence-electron chi connectivity index (χ4n) is 4.36. The second-order valence-corrected chi connectivity index (χ2v) is 8.68. The molecule has 2 aliphatic rings. The van der Waals surface area contributed by atoms with Crippen molar-refractivity contribution in [3.8, 4) is 0 Å². The summed E-state index contributed by atoms with van der Waals surface area (Å²) in [5.74, 6) is 0.800. The lowest BCUT2D eigenvalue weighted by molar-refractivity contribution is -0.895. The number of piperazine rings is 1. The maximum Gasteiger partial charge on any atom is 0.279 e. The van der Waals surface area contributed by atoms with E-state index in [0.717, 1.165) is 43.4 Å². The van der Waals surface area contributed by atoms with E-state index in [-0.39, 0.29) is 5.91 Å². The number of quaternary nitrogens is 1. The highest BCUT2D eigenvalue weighted by atomic mass is 32.1. The molecule has 1 aromatic rings. The Hall–Kier alpha value is -1.66. The summed E-state index contributed by atoms with van der Waals surface area (Å²) in [4.78, 5) is 16.1. The van der Waals surface area contributed by atoms with Gasteiger partial charge in [-0.05, 0) is 49.0 Å². The van der Waals surface area contributed by atoms with Gasteiger partial charge in [0.15, 0.2) is 11.7 Å². The molecule has 1 saturated carbocycles. The average molecular weight is 404 g/mol. The summed E-state index contributed by atoms with van der Waals surface area (Å²) >= 11 is 5.67. The first-order chi connectivity index (χ1) is 13.6. The van der Waals surface area contributed by atoms with E-state index in [4.69, 9.17) is 12.2 Å². The quantitative estimate of drug-likeness (QED) is 0.657. The lowest BCUT2D eigenvalue weighted by Gasteiger charge is -2.37. The van der Waals surface area contributed by atoms with Gasteiger partial charge in [0.25, 0.3) is 5.91 Å². The van der Waals surface area contributed by atoms with Gasteiger partial charge in [0, 0.05) is 11.7 Å². The number of nitrogens with zero attached hydrogens (tertiary/aromatic N) is 1. The Kier molecular flexibility index (Phi) is 7.68. The highest BCUT2D eigenvalue weighted by Gasteiger charge is 2.27. The van der Waals surface area contributed by atoms with Crippen LogP contribution in [0.2, 0.25) is 0 Å². The molecule has 3 rings (SSSR count). The molecule has 3 N–H and O–H groups in total. The molecule has 1 amide bonds. The van der Waals surface area contributed by atoms with Crippen molar-refractivity contribution in [3.63, 3.8) is 0 Å². The molecule has 1 aliphatic carbocycles. The van der Waals surface area contributed by atoms with E-state index in [1.807, 2.05) is 18.2 Å². The van der Waals surface area contributed by atoms with E-state index in [1.54, 1.807) is 0 Å². The summed E-state index contributed by atoms with van der Waals surface area (Å²) < 4.78 is 0. The minimum absolute atomic E-state index is 0.0982. The summed E-state index contributed by atoms with van der Waals surface area (Å²) in [6.07, 6.45) is 6.10. The van der Waals surface area contributed by atoms with Crippen LogP contribution in [0.15, 0.2) is 24.3 Å². The van der Waals surface area contributed by atoms with E-state index < -0.39 is 0 Å². The number of para-hydroxylation sites is 1. The Morgan fingerprint density at radius 1 is 1.21 bits per heavy atom. The molecule has 1 saturated heterocycles. The number of benzene rings is 1. The molecule has 5 nitrogen and oxygen atoms in total. The van der Waals surface area contributed by atoms with Crippen LogP contribution < -0.4 is 15.5 Å². The van der Waals surface area contributed by atoms with E-state index in [2.05, 4.69) is 35.4 Å². The van der Waals surface area contributed by atoms with Gasteiger partial charge in [-0.25, -0.2) is 0 Å². The van der Waals surface area contributed by atoms with Gasteiger partial charge in [0.05, 0.1) is 26.2 Å². The molecular weight excluding hydrogens is 368 g/mol. The molecule has 0 unspecified atom stereocenters. The smallest absolute Gasteiger partial charge is 0.279 e. The van der Waals surface area contributed by atoms with Crippen LogP contribution in [-0.2, 0) is 11.2 Å². The van der Waals surface area contributed by atoms with E-state index in [9.17, 15) is 4.79 Å². The van der Waals surface area contributed by atoms with Crippen LogP contribution in [0, 0.1) is 5.92 Å². The number of thiocarbonyl (C=S) groups is 1. The Morgan fingerprint density at radius 3 is 2.64 bits per heavy atom. The topological polar surface area (TPSA) is 48.8 Å². The molecule has 2 fully saturated rings. The van der Waals surface area contributed by atoms with Crippen LogP contribution in [0.4, 0.5) is 5.69 Å². The van der Waals surface area contributed by atoms with Crippen LogP contribution in [0.5, 0.6) is 0 Å². The first kappa shape index (κ1) is 21.1. The first-order valence-electron chi connectivity index (χ1n) is 10.8. The summed E-state index contributed by atoms with van der Waals surface area (Å²) in [5, 5.41) is 7.60. The number of hydrogen-bond acceptors (Lipinski definition) is 2. The third-order valence-corrected chi connectivity index (χ3v) is 6.64. The number of carbonyl (C=O) groups excluding carboxylic acids is 1. The number of anilines is 1. The Morgan fingerprint density at radius 2 is 1.93 bits per heavy atom.